The van der Waals surface area contributed by atoms with Gasteiger partial charge in [0.2, 0.25) is 5.82 Å². The SMILES string of the molecule is CC1CN(C2CC2)CCN1Cc1ccc(-c2nn[nH]n2)cc1. The van der Waals surface area contributed by atoms with E-state index in [4.69, 9.17) is 0 Å². The third-order valence-corrected chi connectivity index (χ3v) is 4.80. The Morgan fingerprint density at radius 3 is 2.64 bits per heavy atom. The highest BCUT2D eigenvalue weighted by atomic mass is 15.5. The number of hydrogen-bond acceptors (Lipinski definition) is 5. The third kappa shape index (κ3) is 2.89. The zero-order chi connectivity index (χ0) is 14.9. The number of tetrazole rings is 1. The van der Waals surface area contributed by atoms with Gasteiger partial charge in [-0.3, -0.25) is 9.80 Å². The molecule has 2 heterocycles. The van der Waals surface area contributed by atoms with Crippen molar-refractivity contribution in [1.82, 2.24) is 30.4 Å². The highest BCUT2D eigenvalue weighted by Crippen LogP contribution is 2.29. The van der Waals surface area contributed by atoms with Gasteiger partial charge in [-0.15, -0.1) is 10.2 Å². The predicted molar refractivity (Wildman–Crippen MR) is 84.1 cm³/mol. The molecule has 0 amide bonds. The molecule has 1 saturated carbocycles. The number of nitrogens with one attached hydrogen (secondary N) is 1. The van der Waals surface area contributed by atoms with Crippen LogP contribution in [0, 0.1) is 0 Å². The van der Waals surface area contributed by atoms with E-state index in [1.54, 1.807) is 0 Å². The highest BCUT2D eigenvalue weighted by Gasteiger charge is 2.33. The first-order valence-electron chi connectivity index (χ1n) is 8.10. The second kappa shape index (κ2) is 5.78. The Labute approximate surface area is 130 Å². The fraction of sp³-hybridized carbons (Fsp3) is 0.562. The number of rotatable bonds is 4. The van der Waals surface area contributed by atoms with E-state index in [0.717, 1.165) is 18.2 Å². The Morgan fingerprint density at radius 1 is 1.18 bits per heavy atom. The van der Waals surface area contributed by atoms with E-state index in [1.165, 1.54) is 38.0 Å². The molecular weight excluding hydrogens is 276 g/mol. The monoisotopic (exact) mass is 298 g/mol. The van der Waals surface area contributed by atoms with Crippen molar-refractivity contribution in [1.29, 1.82) is 0 Å². The molecule has 116 valence electrons. The minimum Gasteiger partial charge on any atom is -0.298 e. The topological polar surface area (TPSA) is 60.9 Å². The van der Waals surface area contributed by atoms with Crippen molar-refractivity contribution in [3.63, 3.8) is 0 Å². The van der Waals surface area contributed by atoms with Crippen LogP contribution in [0.5, 0.6) is 0 Å². The van der Waals surface area contributed by atoms with Gasteiger partial charge in [0, 0.05) is 43.8 Å². The number of piperazine rings is 1. The Morgan fingerprint density at radius 2 is 2.00 bits per heavy atom. The van der Waals surface area contributed by atoms with Crippen LogP contribution in [0.3, 0.4) is 0 Å². The van der Waals surface area contributed by atoms with Gasteiger partial charge >= 0.3 is 0 Å². The van der Waals surface area contributed by atoms with Crippen molar-refractivity contribution in [2.75, 3.05) is 19.6 Å². The molecule has 1 aliphatic heterocycles. The zero-order valence-corrected chi connectivity index (χ0v) is 12.9. The summed E-state index contributed by atoms with van der Waals surface area (Å²) in [5.41, 5.74) is 2.35. The standard InChI is InChI=1S/C16H22N6/c1-12-10-22(15-6-7-15)9-8-21(12)11-13-2-4-14(5-3-13)16-17-19-20-18-16/h2-5,12,15H,6-11H2,1H3,(H,17,18,19,20). The van der Waals surface area contributed by atoms with Crippen LogP contribution >= 0.6 is 0 Å². The molecule has 1 saturated heterocycles. The lowest BCUT2D eigenvalue weighted by Crippen LogP contribution is -2.51. The second-order valence-corrected chi connectivity index (χ2v) is 6.48. The fourth-order valence-corrected chi connectivity index (χ4v) is 3.31. The van der Waals surface area contributed by atoms with Gasteiger partial charge in [-0.2, -0.15) is 5.21 Å². The summed E-state index contributed by atoms with van der Waals surface area (Å²) in [6.45, 7) is 6.97. The summed E-state index contributed by atoms with van der Waals surface area (Å²) < 4.78 is 0. The van der Waals surface area contributed by atoms with Crippen molar-refractivity contribution in [2.24, 2.45) is 0 Å². The Hall–Kier alpha value is -1.79. The molecule has 6 heteroatoms. The lowest BCUT2D eigenvalue weighted by molar-refractivity contribution is 0.0730. The maximum Gasteiger partial charge on any atom is 0.204 e. The summed E-state index contributed by atoms with van der Waals surface area (Å²) in [7, 11) is 0. The lowest BCUT2D eigenvalue weighted by Gasteiger charge is -2.40. The van der Waals surface area contributed by atoms with Crippen molar-refractivity contribution in [3.05, 3.63) is 29.8 Å². The van der Waals surface area contributed by atoms with E-state index in [0.29, 0.717) is 11.9 Å². The quantitative estimate of drug-likeness (QED) is 0.927. The van der Waals surface area contributed by atoms with Crippen LogP contribution in [-0.2, 0) is 6.54 Å². The van der Waals surface area contributed by atoms with Crippen LogP contribution in [-0.4, -0.2) is 62.1 Å². The Balaban J connectivity index is 1.38. The second-order valence-electron chi connectivity index (χ2n) is 6.48. The summed E-state index contributed by atoms with van der Waals surface area (Å²) in [5.74, 6) is 0.651. The molecule has 1 unspecified atom stereocenters. The number of benzene rings is 1. The van der Waals surface area contributed by atoms with Gasteiger partial charge in [0.25, 0.3) is 0 Å². The van der Waals surface area contributed by atoms with Crippen LogP contribution in [0.1, 0.15) is 25.3 Å². The largest absolute Gasteiger partial charge is 0.298 e. The summed E-state index contributed by atoms with van der Waals surface area (Å²) >= 11 is 0. The van der Waals surface area contributed by atoms with E-state index >= 15 is 0 Å². The molecule has 0 bridgehead atoms. The molecular formula is C16H22N6. The van der Waals surface area contributed by atoms with E-state index in [-0.39, 0.29) is 0 Å². The molecule has 1 N–H and O–H groups in total. The molecule has 6 nitrogen and oxygen atoms in total. The van der Waals surface area contributed by atoms with E-state index in [2.05, 4.69) is 61.6 Å². The summed E-state index contributed by atoms with van der Waals surface area (Å²) in [4.78, 5) is 5.25. The molecule has 1 aromatic heterocycles. The average molecular weight is 298 g/mol. The van der Waals surface area contributed by atoms with E-state index in [1.807, 2.05) is 0 Å². The van der Waals surface area contributed by atoms with Gasteiger partial charge in [-0.25, -0.2) is 0 Å². The molecule has 1 atom stereocenters. The maximum atomic E-state index is 4.01. The van der Waals surface area contributed by atoms with Crippen molar-refractivity contribution in [3.8, 4) is 11.4 Å². The maximum absolute atomic E-state index is 4.01. The van der Waals surface area contributed by atoms with Crippen LogP contribution in [0.2, 0.25) is 0 Å². The minimum absolute atomic E-state index is 0.631. The van der Waals surface area contributed by atoms with Crippen LogP contribution in [0.4, 0.5) is 0 Å². The molecule has 4 rings (SSSR count). The molecule has 2 aliphatic rings. The summed E-state index contributed by atoms with van der Waals surface area (Å²) in [6.07, 6.45) is 2.81. The number of hydrogen-bond donors (Lipinski definition) is 1. The molecule has 0 spiro atoms. The van der Waals surface area contributed by atoms with Gasteiger partial charge in [0.1, 0.15) is 0 Å². The van der Waals surface area contributed by atoms with Crippen LogP contribution in [0.15, 0.2) is 24.3 Å². The van der Waals surface area contributed by atoms with Gasteiger partial charge < -0.3 is 0 Å². The van der Waals surface area contributed by atoms with Crippen molar-refractivity contribution >= 4 is 0 Å². The van der Waals surface area contributed by atoms with Gasteiger partial charge in [0.05, 0.1) is 0 Å². The smallest absolute Gasteiger partial charge is 0.204 e. The summed E-state index contributed by atoms with van der Waals surface area (Å²) in [6, 6.07) is 10.0. The molecule has 0 radical (unpaired) electrons. The highest BCUT2D eigenvalue weighted by molar-refractivity contribution is 5.54. The first-order valence-corrected chi connectivity index (χ1v) is 8.10. The van der Waals surface area contributed by atoms with E-state index in [9.17, 15) is 0 Å². The Kier molecular flexibility index (Phi) is 3.63. The number of aromatic amines is 1. The van der Waals surface area contributed by atoms with Gasteiger partial charge in [-0.05, 0) is 30.5 Å². The molecule has 22 heavy (non-hydrogen) atoms. The fourth-order valence-electron chi connectivity index (χ4n) is 3.31. The van der Waals surface area contributed by atoms with Crippen molar-refractivity contribution in [2.45, 2.75) is 38.4 Å². The molecule has 1 aromatic carbocycles. The van der Waals surface area contributed by atoms with Crippen LogP contribution in [0.25, 0.3) is 11.4 Å². The lowest BCUT2D eigenvalue weighted by atomic mass is 10.1. The molecule has 2 fully saturated rings. The Bertz CT molecular complexity index is 604. The average Bonchev–Trinajstić information content (AvgIpc) is 3.25. The van der Waals surface area contributed by atoms with Crippen molar-refractivity contribution < 1.29 is 0 Å². The molecule has 1 aliphatic carbocycles. The first kappa shape index (κ1) is 13.8. The molecule has 2 aromatic rings. The first-order chi connectivity index (χ1) is 10.8. The predicted octanol–water partition coefficient (Wildman–Crippen LogP) is 1.54. The minimum atomic E-state index is 0.631. The summed E-state index contributed by atoms with van der Waals surface area (Å²) in [5, 5.41) is 14.1. The van der Waals surface area contributed by atoms with Crippen LogP contribution < -0.4 is 0 Å². The number of aromatic nitrogens is 4. The number of nitrogens with zero attached hydrogens (tertiary/aromatic N) is 5. The zero-order valence-electron chi connectivity index (χ0n) is 12.9. The van der Waals surface area contributed by atoms with E-state index < -0.39 is 0 Å². The third-order valence-electron chi connectivity index (χ3n) is 4.80. The number of H-pyrrole nitrogens is 1. The van der Waals surface area contributed by atoms with Gasteiger partial charge in [-0.1, -0.05) is 24.3 Å². The normalized spacial score (nSPS) is 23.8. The van der Waals surface area contributed by atoms with Gasteiger partial charge in [0.15, 0.2) is 0 Å².